The van der Waals surface area contributed by atoms with E-state index in [0.717, 1.165) is 11.4 Å². The Balaban J connectivity index is 1.25. The molecule has 6 aromatic rings. The zero-order valence-electron chi connectivity index (χ0n) is 26.6. The summed E-state index contributed by atoms with van der Waals surface area (Å²) >= 11 is 0. The molecule has 4 unspecified atom stereocenters. The van der Waals surface area contributed by atoms with Crippen LogP contribution in [0.5, 0.6) is 5.75 Å². The second-order valence-corrected chi connectivity index (χ2v) is 13.2. The molecular weight excluding hydrogens is 572 g/mol. The number of rotatable bonds is 5. The standard InChI is InChI=1S/C44H36N2O/c1-30-15-9-12-22-38(30)45(32-16-5-3-6-17-32)34-27-25-31(26-28-34)36-29-44(2)37-21-11-14-24-40(37)47-43(44)42-41(36)35-20-10-13-23-39(35)46(42)33-18-7-4-8-19-33/h3-30,38,43H,1-2H3. The van der Waals surface area contributed by atoms with Crippen molar-refractivity contribution >= 4 is 27.9 Å². The van der Waals surface area contributed by atoms with Gasteiger partial charge in [0.05, 0.1) is 22.7 Å². The third-order valence-electron chi connectivity index (χ3n) is 10.3. The third kappa shape index (κ3) is 4.26. The summed E-state index contributed by atoms with van der Waals surface area (Å²) in [7, 11) is 0. The van der Waals surface area contributed by atoms with E-state index in [2.05, 4.69) is 187 Å². The summed E-state index contributed by atoms with van der Waals surface area (Å²) in [5, 5.41) is 1.24. The van der Waals surface area contributed by atoms with Crippen molar-refractivity contribution in [2.24, 2.45) is 5.92 Å². The van der Waals surface area contributed by atoms with Crippen LogP contribution in [0.3, 0.4) is 0 Å². The normalized spacial score (nSPS) is 22.3. The largest absolute Gasteiger partial charge is 0.483 e. The number of aromatic nitrogens is 1. The van der Waals surface area contributed by atoms with E-state index in [0.29, 0.717) is 5.92 Å². The average molecular weight is 609 g/mol. The van der Waals surface area contributed by atoms with Gasteiger partial charge in [-0.1, -0.05) is 122 Å². The molecule has 2 aliphatic carbocycles. The maximum absolute atomic E-state index is 6.91. The number of allylic oxidation sites excluding steroid dienone is 2. The fraction of sp³-hybridized carbons (Fsp3) is 0.136. The molecule has 2 heterocycles. The highest BCUT2D eigenvalue weighted by Crippen LogP contribution is 2.58. The van der Waals surface area contributed by atoms with E-state index in [4.69, 9.17) is 4.74 Å². The van der Waals surface area contributed by atoms with Gasteiger partial charge >= 0.3 is 0 Å². The molecule has 0 N–H and O–H groups in total. The lowest BCUT2D eigenvalue weighted by Gasteiger charge is -2.36. The summed E-state index contributed by atoms with van der Waals surface area (Å²) in [6.07, 6.45) is 11.3. The zero-order valence-corrected chi connectivity index (χ0v) is 26.6. The molecule has 3 heteroatoms. The van der Waals surface area contributed by atoms with Gasteiger partial charge in [-0.3, -0.25) is 0 Å². The first-order valence-corrected chi connectivity index (χ1v) is 16.6. The van der Waals surface area contributed by atoms with Crippen LogP contribution in [0.2, 0.25) is 0 Å². The molecule has 1 aromatic heterocycles. The lowest BCUT2D eigenvalue weighted by atomic mass is 9.70. The van der Waals surface area contributed by atoms with E-state index in [1.54, 1.807) is 0 Å². The maximum atomic E-state index is 6.91. The smallest absolute Gasteiger partial charge is 0.152 e. The Kier molecular flexibility index (Phi) is 6.36. The first-order valence-electron chi connectivity index (χ1n) is 16.6. The number of para-hydroxylation sites is 4. The average Bonchev–Trinajstić information content (AvgIpc) is 3.62. The SMILES string of the molecule is CC1C=CC=CC1N(c1ccccc1)c1ccc(C2=CC3(C)c4ccccc4OC3c3c2c2ccccc2n3-c2ccccc2)cc1. The van der Waals surface area contributed by atoms with Gasteiger partial charge in [0.2, 0.25) is 0 Å². The Bertz CT molecular complexity index is 2210. The van der Waals surface area contributed by atoms with Crippen LogP contribution in [0, 0.1) is 5.92 Å². The Hall–Kier alpha value is -5.54. The molecule has 5 aromatic carbocycles. The summed E-state index contributed by atoms with van der Waals surface area (Å²) < 4.78 is 9.34. The molecule has 0 amide bonds. The zero-order chi connectivity index (χ0) is 31.5. The van der Waals surface area contributed by atoms with Crippen LogP contribution in [-0.2, 0) is 5.41 Å². The highest BCUT2D eigenvalue weighted by Gasteiger charge is 2.50. The van der Waals surface area contributed by atoms with E-state index >= 15 is 0 Å². The van der Waals surface area contributed by atoms with Gasteiger partial charge in [0.25, 0.3) is 0 Å². The minimum absolute atomic E-state index is 0.160. The molecule has 228 valence electrons. The van der Waals surface area contributed by atoms with Crippen LogP contribution in [0.1, 0.15) is 42.3 Å². The highest BCUT2D eigenvalue weighted by molar-refractivity contribution is 6.02. The summed E-state index contributed by atoms with van der Waals surface area (Å²) in [5.41, 5.74) is 10.5. The van der Waals surface area contributed by atoms with Gasteiger partial charge in [-0.05, 0) is 72.5 Å². The number of hydrogen-bond acceptors (Lipinski definition) is 2. The van der Waals surface area contributed by atoms with E-state index in [9.17, 15) is 0 Å². The lowest BCUT2D eigenvalue weighted by molar-refractivity contribution is 0.175. The fourth-order valence-corrected chi connectivity index (χ4v) is 8.06. The second-order valence-electron chi connectivity index (χ2n) is 13.2. The van der Waals surface area contributed by atoms with Crippen molar-refractivity contribution in [1.29, 1.82) is 0 Å². The minimum atomic E-state index is -0.344. The minimum Gasteiger partial charge on any atom is -0.483 e. The van der Waals surface area contributed by atoms with Gasteiger partial charge in [-0.2, -0.15) is 0 Å². The quantitative estimate of drug-likeness (QED) is 0.194. The Morgan fingerprint density at radius 2 is 1.34 bits per heavy atom. The van der Waals surface area contributed by atoms with Gasteiger partial charge in [0.1, 0.15) is 5.75 Å². The van der Waals surface area contributed by atoms with Gasteiger partial charge in [-0.25, -0.2) is 0 Å². The van der Waals surface area contributed by atoms with Crippen LogP contribution < -0.4 is 9.64 Å². The van der Waals surface area contributed by atoms with E-state index in [1.807, 2.05) is 0 Å². The number of ether oxygens (including phenoxy) is 1. The summed E-state index contributed by atoms with van der Waals surface area (Å²) in [6.45, 7) is 4.64. The second kappa shape index (κ2) is 10.8. The molecule has 1 aliphatic heterocycles. The Morgan fingerprint density at radius 1 is 0.681 bits per heavy atom. The van der Waals surface area contributed by atoms with Crippen molar-refractivity contribution in [2.75, 3.05) is 4.90 Å². The summed E-state index contributed by atoms with van der Waals surface area (Å²) in [5.74, 6) is 1.35. The predicted molar refractivity (Wildman–Crippen MR) is 194 cm³/mol. The molecule has 3 nitrogen and oxygen atoms in total. The molecule has 47 heavy (non-hydrogen) atoms. The third-order valence-corrected chi connectivity index (χ3v) is 10.3. The number of nitrogens with zero attached hydrogens (tertiary/aromatic N) is 2. The van der Waals surface area contributed by atoms with Crippen molar-refractivity contribution in [3.8, 4) is 11.4 Å². The van der Waals surface area contributed by atoms with E-state index in [-0.39, 0.29) is 17.6 Å². The first-order chi connectivity index (χ1) is 23.1. The van der Waals surface area contributed by atoms with Crippen molar-refractivity contribution < 1.29 is 4.74 Å². The molecule has 3 aliphatic rings. The number of fused-ring (bicyclic) bond motifs is 7. The number of anilines is 2. The molecule has 0 spiro atoms. The van der Waals surface area contributed by atoms with E-state index < -0.39 is 0 Å². The van der Waals surface area contributed by atoms with Gasteiger partial charge in [0, 0.05) is 33.6 Å². The predicted octanol–water partition coefficient (Wildman–Crippen LogP) is 10.7. The molecule has 0 radical (unpaired) electrons. The van der Waals surface area contributed by atoms with Crippen molar-refractivity contribution in [2.45, 2.75) is 31.4 Å². The molecule has 0 fully saturated rings. The van der Waals surface area contributed by atoms with Gasteiger partial charge < -0.3 is 14.2 Å². The number of benzene rings is 5. The summed E-state index contributed by atoms with van der Waals surface area (Å²) in [4.78, 5) is 2.47. The summed E-state index contributed by atoms with van der Waals surface area (Å²) in [6, 6.07) is 48.3. The van der Waals surface area contributed by atoms with Crippen LogP contribution >= 0.6 is 0 Å². The number of hydrogen-bond donors (Lipinski definition) is 0. The molecule has 0 saturated heterocycles. The van der Waals surface area contributed by atoms with Crippen molar-refractivity contribution in [3.63, 3.8) is 0 Å². The molecular formula is C44H36N2O. The Labute approximate surface area is 276 Å². The maximum Gasteiger partial charge on any atom is 0.152 e. The van der Waals surface area contributed by atoms with Crippen molar-refractivity contribution in [1.82, 2.24) is 4.57 Å². The van der Waals surface area contributed by atoms with E-state index in [1.165, 1.54) is 50.2 Å². The molecule has 9 rings (SSSR count). The lowest BCUT2D eigenvalue weighted by Crippen LogP contribution is -2.35. The molecule has 0 saturated carbocycles. The van der Waals surface area contributed by atoms with Crippen LogP contribution in [0.4, 0.5) is 11.4 Å². The fourth-order valence-electron chi connectivity index (χ4n) is 8.06. The van der Waals surface area contributed by atoms with Gasteiger partial charge in [-0.15, -0.1) is 0 Å². The van der Waals surface area contributed by atoms with Crippen LogP contribution in [-0.4, -0.2) is 10.6 Å². The topological polar surface area (TPSA) is 17.4 Å². The molecule has 4 atom stereocenters. The van der Waals surface area contributed by atoms with Crippen LogP contribution in [0.15, 0.2) is 164 Å². The molecule has 0 bridgehead atoms. The Morgan fingerprint density at radius 3 is 2.13 bits per heavy atom. The first kappa shape index (κ1) is 27.7. The highest BCUT2D eigenvalue weighted by atomic mass is 16.5. The monoisotopic (exact) mass is 608 g/mol. The van der Waals surface area contributed by atoms with Crippen LogP contribution in [0.25, 0.3) is 22.2 Å². The van der Waals surface area contributed by atoms with Crippen molar-refractivity contribution in [3.05, 3.63) is 186 Å². The van der Waals surface area contributed by atoms with Gasteiger partial charge in [0.15, 0.2) is 6.10 Å².